The second kappa shape index (κ2) is 5.46. The van der Waals surface area contributed by atoms with Crippen molar-refractivity contribution >= 4 is 11.9 Å². The molecule has 1 aromatic rings. The average Bonchev–Trinajstić information content (AvgIpc) is 2.22. The van der Waals surface area contributed by atoms with Gasteiger partial charge in [0, 0.05) is 17.8 Å². The number of nitrogen functional groups attached to an aromatic ring is 1. The van der Waals surface area contributed by atoms with Gasteiger partial charge in [0.25, 0.3) is 0 Å². The molecule has 1 aromatic heterocycles. The predicted molar refractivity (Wildman–Crippen MR) is 62.5 cm³/mol. The molecule has 0 amide bonds. The molecule has 0 aliphatic heterocycles. The van der Waals surface area contributed by atoms with Crippen molar-refractivity contribution in [3.8, 4) is 5.75 Å². The lowest BCUT2D eigenvalue weighted by Gasteiger charge is -2.06. The van der Waals surface area contributed by atoms with Crippen molar-refractivity contribution in [3.05, 3.63) is 23.7 Å². The molecular formula is C11H16FN3O. The Hall–Kier alpha value is -1.62. The van der Waals surface area contributed by atoms with Crippen LogP contribution in [0.2, 0.25) is 0 Å². The molecule has 1 atom stereocenters. The average molecular weight is 225 g/mol. The van der Waals surface area contributed by atoms with E-state index in [0.717, 1.165) is 0 Å². The van der Waals surface area contributed by atoms with Crippen molar-refractivity contribution in [1.82, 2.24) is 4.98 Å². The van der Waals surface area contributed by atoms with Gasteiger partial charge in [0.1, 0.15) is 0 Å². The van der Waals surface area contributed by atoms with Gasteiger partial charge in [0.05, 0.1) is 7.11 Å². The van der Waals surface area contributed by atoms with E-state index in [4.69, 9.17) is 16.2 Å². The molecular weight excluding hydrogens is 209 g/mol. The number of methoxy groups -OCH3 is 1. The Morgan fingerprint density at radius 2 is 2.31 bits per heavy atom. The Bertz CT molecular complexity index is 391. The molecule has 0 aliphatic carbocycles. The highest BCUT2D eigenvalue weighted by Crippen LogP contribution is 2.25. The van der Waals surface area contributed by atoms with E-state index in [1.54, 1.807) is 12.2 Å². The minimum absolute atomic E-state index is 0.0250. The molecule has 0 radical (unpaired) electrons. The maximum atomic E-state index is 13.7. The predicted octanol–water partition coefficient (Wildman–Crippen LogP) is 1.56. The zero-order valence-electron chi connectivity index (χ0n) is 9.40. The number of anilines is 1. The fraction of sp³-hybridized carbons (Fsp3) is 0.364. The highest BCUT2D eigenvalue weighted by atomic mass is 19.1. The molecule has 0 saturated heterocycles. The summed E-state index contributed by atoms with van der Waals surface area (Å²) in [6.45, 7) is 1.88. The fourth-order valence-electron chi connectivity index (χ4n) is 1.22. The summed E-state index contributed by atoms with van der Waals surface area (Å²) in [7, 11) is 1.35. The number of pyridine rings is 1. The van der Waals surface area contributed by atoms with E-state index in [-0.39, 0.29) is 17.6 Å². The highest BCUT2D eigenvalue weighted by molar-refractivity contribution is 5.57. The molecule has 4 nitrogen and oxygen atoms in total. The van der Waals surface area contributed by atoms with Crippen molar-refractivity contribution in [3.63, 3.8) is 0 Å². The van der Waals surface area contributed by atoms with Crippen LogP contribution in [0.4, 0.5) is 10.2 Å². The number of nitrogens with zero attached hydrogens (tertiary/aromatic N) is 1. The van der Waals surface area contributed by atoms with Crippen LogP contribution in [-0.2, 0) is 0 Å². The van der Waals surface area contributed by atoms with Gasteiger partial charge in [-0.25, -0.2) is 9.37 Å². The quantitative estimate of drug-likeness (QED) is 0.815. The minimum atomic E-state index is -0.504. The Labute approximate surface area is 94.1 Å². The molecule has 16 heavy (non-hydrogen) atoms. The molecule has 0 bridgehead atoms. The van der Waals surface area contributed by atoms with E-state index < -0.39 is 5.82 Å². The van der Waals surface area contributed by atoms with Crippen molar-refractivity contribution in [2.45, 2.75) is 19.4 Å². The lowest BCUT2D eigenvalue weighted by atomic mass is 10.2. The standard InChI is InChI=1S/C11H16FN3O/c1-7(13)4-3-5-8-6-15-11(14)10(16-2)9(8)12/h3,5-7H,4,13H2,1-2H3,(H2,14,15)/b5-3+/t7-/m0/s1. The first-order chi connectivity index (χ1) is 7.56. The van der Waals surface area contributed by atoms with Gasteiger partial charge >= 0.3 is 0 Å². The number of aromatic nitrogens is 1. The van der Waals surface area contributed by atoms with Crippen LogP contribution in [0.1, 0.15) is 18.9 Å². The number of ether oxygens (including phenoxy) is 1. The van der Waals surface area contributed by atoms with Crippen LogP contribution in [0, 0.1) is 5.82 Å². The third kappa shape index (κ3) is 2.93. The summed E-state index contributed by atoms with van der Waals surface area (Å²) in [6.07, 6.45) is 5.45. The van der Waals surface area contributed by atoms with E-state index in [0.29, 0.717) is 12.0 Å². The summed E-state index contributed by atoms with van der Waals surface area (Å²) in [5, 5.41) is 0. The number of rotatable bonds is 4. The van der Waals surface area contributed by atoms with Gasteiger partial charge < -0.3 is 16.2 Å². The van der Waals surface area contributed by atoms with Gasteiger partial charge in [0.2, 0.25) is 0 Å². The summed E-state index contributed by atoms with van der Waals surface area (Å²) in [5.74, 6) is -0.483. The monoisotopic (exact) mass is 225 g/mol. The molecule has 5 heteroatoms. The maximum absolute atomic E-state index is 13.7. The Morgan fingerprint density at radius 3 is 2.88 bits per heavy atom. The summed E-state index contributed by atoms with van der Waals surface area (Å²) >= 11 is 0. The highest BCUT2D eigenvalue weighted by Gasteiger charge is 2.11. The van der Waals surface area contributed by atoms with Gasteiger partial charge in [0.15, 0.2) is 17.4 Å². The van der Waals surface area contributed by atoms with Crippen LogP contribution in [0.3, 0.4) is 0 Å². The topological polar surface area (TPSA) is 74.2 Å². The molecule has 0 aromatic carbocycles. The van der Waals surface area contributed by atoms with Crippen LogP contribution in [0.5, 0.6) is 5.75 Å². The van der Waals surface area contributed by atoms with Crippen molar-refractivity contribution in [2.24, 2.45) is 5.73 Å². The molecule has 88 valence electrons. The summed E-state index contributed by atoms with van der Waals surface area (Å²) in [6, 6.07) is 0.0444. The molecule has 0 fully saturated rings. The number of hydrogen-bond acceptors (Lipinski definition) is 4. The molecule has 0 spiro atoms. The Kier molecular flexibility index (Phi) is 4.25. The van der Waals surface area contributed by atoms with E-state index in [1.807, 2.05) is 6.92 Å². The SMILES string of the molecule is COc1c(N)ncc(/C=C/C[C@H](C)N)c1F. The largest absolute Gasteiger partial charge is 0.490 e. The van der Waals surface area contributed by atoms with E-state index in [9.17, 15) is 4.39 Å². The first-order valence-electron chi connectivity index (χ1n) is 4.96. The van der Waals surface area contributed by atoms with Gasteiger partial charge in [-0.3, -0.25) is 0 Å². The third-order valence-corrected chi connectivity index (χ3v) is 2.04. The van der Waals surface area contributed by atoms with Crippen LogP contribution in [-0.4, -0.2) is 18.1 Å². The van der Waals surface area contributed by atoms with Crippen LogP contribution < -0.4 is 16.2 Å². The minimum Gasteiger partial charge on any atom is -0.490 e. The van der Waals surface area contributed by atoms with Crippen molar-refractivity contribution < 1.29 is 9.13 Å². The first-order valence-corrected chi connectivity index (χ1v) is 4.96. The lowest BCUT2D eigenvalue weighted by molar-refractivity contribution is 0.386. The maximum Gasteiger partial charge on any atom is 0.197 e. The number of hydrogen-bond donors (Lipinski definition) is 2. The van der Waals surface area contributed by atoms with Gasteiger partial charge in [-0.2, -0.15) is 0 Å². The first kappa shape index (κ1) is 12.4. The molecule has 4 N–H and O–H groups in total. The number of nitrogens with two attached hydrogens (primary N) is 2. The zero-order chi connectivity index (χ0) is 12.1. The lowest BCUT2D eigenvalue weighted by Crippen LogP contribution is -2.12. The molecule has 0 aliphatic rings. The molecule has 1 heterocycles. The van der Waals surface area contributed by atoms with E-state index in [2.05, 4.69) is 4.98 Å². The van der Waals surface area contributed by atoms with Gasteiger partial charge in [-0.1, -0.05) is 12.2 Å². The van der Waals surface area contributed by atoms with Gasteiger partial charge in [-0.05, 0) is 13.3 Å². The Balaban J connectivity index is 2.93. The molecule has 0 unspecified atom stereocenters. The van der Waals surface area contributed by atoms with Crippen molar-refractivity contribution in [1.29, 1.82) is 0 Å². The van der Waals surface area contributed by atoms with Crippen molar-refractivity contribution in [2.75, 3.05) is 12.8 Å². The third-order valence-electron chi connectivity index (χ3n) is 2.04. The van der Waals surface area contributed by atoms with E-state index >= 15 is 0 Å². The van der Waals surface area contributed by atoms with Gasteiger partial charge in [-0.15, -0.1) is 0 Å². The second-order valence-corrected chi connectivity index (χ2v) is 3.56. The smallest absolute Gasteiger partial charge is 0.197 e. The zero-order valence-corrected chi connectivity index (χ0v) is 9.40. The molecule has 0 saturated carbocycles. The normalized spacial score (nSPS) is 13.0. The molecule has 1 rings (SSSR count). The summed E-state index contributed by atoms with van der Waals surface area (Å²) in [4.78, 5) is 3.84. The Morgan fingerprint density at radius 1 is 1.62 bits per heavy atom. The number of halogens is 1. The second-order valence-electron chi connectivity index (χ2n) is 3.56. The van der Waals surface area contributed by atoms with E-state index in [1.165, 1.54) is 13.3 Å². The van der Waals surface area contributed by atoms with Crippen LogP contribution >= 0.6 is 0 Å². The fourth-order valence-corrected chi connectivity index (χ4v) is 1.22. The van der Waals surface area contributed by atoms with Crippen LogP contribution in [0.25, 0.3) is 6.08 Å². The summed E-state index contributed by atoms with van der Waals surface area (Å²) < 4.78 is 18.6. The van der Waals surface area contributed by atoms with Crippen LogP contribution in [0.15, 0.2) is 12.3 Å². The summed E-state index contributed by atoms with van der Waals surface area (Å²) in [5.41, 5.74) is 11.4.